The number of benzene rings is 2. The fourth-order valence-corrected chi connectivity index (χ4v) is 6.46. The number of methoxy groups -OCH3 is 1. The van der Waals surface area contributed by atoms with Gasteiger partial charge >= 0.3 is 5.97 Å². The fourth-order valence-electron chi connectivity index (χ4n) is 3.85. The fraction of sp³-hybridized carbons (Fsp3) is 0.208. The summed E-state index contributed by atoms with van der Waals surface area (Å²) in [4.78, 5) is 25.0. The number of anilines is 2. The smallest absolute Gasteiger partial charge is 0.348 e. The van der Waals surface area contributed by atoms with E-state index in [4.69, 9.17) is 4.74 Å². The van der Waals surface area contributed by atoms with Gasteiger partial charge in [-0.2, -0.15) is 5.26 Å². The standard InChI is InChI=1S/C24H21N3O5S2/c1-15-19(14-25)23(33-21(15)24(29)32-2)26-22(28)17-9-11-18(12-10-17)34(30,31)27-13-5-7-16-6-3-4-8-20(16)27/h3-4,6,8-12H,5,7,13H2,1-2H3,(H,26,28). The molecule has 0 bridgehead atoms. The first-order valence-electron chi connectivity index (χ1n) is 10.4. The number of ether oxygens (including phenoxy) is 1. The summed E-state index contributed by atoms with van der Waals surface area (Å²) in [5.41, 5.74) is 2.49. The van der Waals surface area contributed by atoms with E-state index in [9.17, 15) is 23.3 Å². The van der Waals surface area contributed by atoms with Gasteiger partial charge < -0.3 is 10.1 Å². The second-order valence-electron chi connectivity index (χ2n) is 7.65. The Morgan fingerprint density at radius 2 is 1.85 bits per heavy atom. The number of thiophene rings is 1. The lowest BCUT2D eigenvalue weighted by Gasteiger charge is -2.30. The van der Waals surface area contributed by atoms with Gasteiger partial charge in [0.15, 0.2) is 0 Å². The molecule has 4 rings (SSSR count). The summed E-state index contributed by atoms with van der Waals surface area (Å²) in [5, 5.41) is 12.3. The van der Waals surface area contributed by atoms with E-state index >= 15 is 0 Å². The van der Waals surface area contributed by atoms with Crippen molar-refractivity contribution < 1.29 is 22.7 Å². The van der Waals surface area contributed by atoms with Crippen molar-refractivity contribution in [2.75, 3.05) is 23.3 Å². The molecule has 0 aliphatic carbocycles. The number of rotatable bonds is 5. The van der Waals surface area contributed by atoms with Crippen LogP contribution in [-0.4, -0.2) is 33.9 Å². The molecule has 0 spiro atoms. The second-order valence-corrected chi connectivity index (χ2v) is 10.5. The van der Waals surface area contributed by atoms with Crippen molar-refractivity contribution in [1.29, 1.82) is 5.26 Å². The molecule has 8 nitrogen and oxygen atoms in total. The van der Waals surface area contributed by atoms with Gasteiger partial charge in [0, 0.05) is 12.1 Å². The van der Waals surface area contributed by atoms with Gasteiger partial charge in [0.1, 0.15) is 15.9 Å². The summed E-state index contributed by atoms with van der Waals surface area (Å²) in [5.74, 6) is -1.12. The van der Waals surface area contributed by atoms with Crippen LogP contribution in [0.3, 0.4) is 0 Å². The van der Waals surface area contributed by atoms with Gasteiger partial charge in [-0.25, -0.2) is 13.2 Å². The molecule has 1 aliphatic heterocycles. The number of hydrogen-bond donors (Lipinski definition) is 1. The third-order valence-corrected chi connectivity index (χ3v) is 8.64. The Hall–Kier alpha value is -3.68. The molecule has 0 fully saturated rings. The lowest BCUT2D eigenvalue weighted by molar-refractivity contribution is 0.0605. The van der Waals surface area contributed by atoms with E-state index in [1.807, 2.05) is 24.3 Å². The molecule has 0 atom stereocenters. The molecule has 2 heterocycles. The predicted molar refractivity (Wildman–Crippen MR) is 129 cm³/mol. The molecule has 34 heavy (non-hydrogen) atoms. The molecule has 3 aromatic rings. The van der Waals surface area contributed by atoms with E-state index in [1.165, 1.54) is 35.7 Å². The molecule has 0 unspecified atom stereocenters. The van der Waals surface area contributed by atoms with Gasteiger partial charge in [0.2, 0.25) is 0 Å². The highest BCUT2D eigenvalue weighted by Gasteiger charge is 2.29. The Kier molecular flexibility index (Phi) is 6.41. The first-order valence-corrected chi connectivity index (χ1v) is 12.7. The summed E-state index contributed by atoms with van der Waals surface area (Å²) in [7, 11) is -2.55. The molecule has 1 aromatic heterocycles. The van der Waals surface area contributed by atoms with Crippen LogP contribution in [0.4, 0.5) is 10.7 Å². The predicted octanol–water partition coefficient (Wildman–Crippen LogP) is 4.11. The average Bonchev–Trinajstić information content (AvgIpc) is 3.17. The normalized spacial score (nSPS) is 13.0. The minimum atomic E-state index is -3.79. The maximum absolute atomic E-state index is 13.3. The highest BCUT2D eigenvalue weighted by molar-refractivity contribution is 7.92. The van der Waals surface area contributed by atoms with Crippen LogP contribution in [-0.2, 0) is 21.2 Å². The van der Waals surface area contributed by atoms with Crippen LogP contribution < -0.4 is 9.62 Å². The van der Waals surface area contributed by atoms with Crippen LogP contribution in [0.25, 0.3) is 0 Å². The van der Waals surface area contributed by atoms with Crippen LogP contribution in [0.15, 0.2) is 53.4 Å². The van der Waals surface area contributed by atoms with Crippen molar-refractivity contribution >= 4 is 43.9 Å². The number of esters is 1. The Balaban J connectivity index is 1.58. The summed E-state index contributed by atoms with van der Waals surface area (Å²) in [6, 6.07) is 15.1. The summed E-state index contributed by atoms with van der Waals surface area (Å²) >= 11 is 0.955. The van der Waals surface area contributed by atoms with Crippen LogP contribution in [0.5, 0.6) is 0 Å². The molecule has 0 saturated heterocycles. The Labute approximate surface area is 201 Å². The van der Waals surface area contributed by atoms with Crippen molar-refractivity contribution in [3.05, 3.63) is 75.7 Å². The molecular formula is C24H21N3O5S2. The molecule has 0 radical (unpaired) electrons. The van der Waals surface area contributed by atoms with Crippen LogP contribution in [0, 0.1) is 18.3 Å². The topological polar surface area (TPSA) is 117 Å². The number of nitrogens with zero attached hydrogens (tertiary/aromatic N) is 2. The highest BCUT2D eigenvalue weighted by Crippen LogP contribution is 2.34. The number of nitrogens with one attached hydrogen (secondary N) is 1. The number of carbonyl (C=O) groups is 2. The first kappa shape index (κ1) is 23.5. The van der Waals surface area contributed by atoms with Crippen molar-refractivity contribution in [2.24, 2.45) is 0 Å². The number of fused-ring (bicyclic) bond motifs is 1. The van der Waals surface area contributed by atoms with Gasteiger partial charge in [-0.05, 0) is 61.2 Å². The number of amides is 1. The lowest BCUT2D eigenvalue weighted by Crippen LogP contribution is -2.35. The molecule has 10 heteroatoms. The maximum atomic E-state index is 13.3. The van der Waals surface area contributed by atoms with Crippen LogP contribution in [0.1, 0.15) is 43.1 Å². The Morgan fingerprint density at radius 1 is 1.15 bits per heavy atom. The third kappa shape index (κ3) is 4.16. The highest BCUT2D eigenvalue weighted by atomic mass is 32.2. The van der Waals surface area contributed by atoms with Gasteiger partial charge in [-0.15, -0.1) is 11.3 Å². The number of para-hydroxylation sites is 1. The zero-order valence-electron chi connectivity index (χ0n) is 18.5. The first-order chi connectivity index (χ1) is 16.3. The minimum absolute atomic E-state index is 0.0819. The van der Waals surface area contributed by atoms with Crippen molar-refractivity contribution in [3.8, 4) is 6.07 Å². The minimum Gasteiger partial charge on any atom is -0.465 e. The van der Waals surface area contributed by atoms with E-state index in [0.717, 1.165) is 29.7 Å². The number of hydrogen-bond acceptors (Lipinski definition) is 7. The van der Waals surface area contributed by atoms with E-state index < -0.39 is 21.9 Å². The lowest BCUT2D eigenvalue weighted by atomic mass is 10.0. The SMILES string of the molecule is COC(=O)c1sc(NC(=O)c2ccc(S(=O)(=O)N3CCCc4ccccc43)cc2)c(C#N)c1C. The zero-order chi connectivity index (χ0) is 24.5. The van der Waals surface area contributed by atoms with Crippen molar-refractivity contribution in [2.45, 2.75) is 24.7 Å². The largest absolute Gasteiger partial charge is 0.465 e. The molecular weight excluding hydrogens is 474 g/mol. The number of carbonyl (C=O) groups excluding carboxylic acids is 2. The summed E-state index contributed by atoms with van der Waals surface area (Å²) < 4.78 is 32.7. The van der Waals surface area contributed by atoms with Gasteiger partial charge in [0.25, 0.3) is 15.9 Å². The monoisotopic (exact) mass is 495 g/mol. The van der Waals surface area contributed by atoms with E-state index in [-0.39, 0.29) is 25.9 Å². The quantitative estimate of drug-likeness (QED) is 0.533. The zero-order valence-corrected chi connectivity index (χ0v) is 20.1. The van der Waals surface area contributed by atoms with Gasteiger partial charge in [-0.1, -0.05) is 18.2 Å². The molecule has 0 saturated carbocycles. The second kappa shape index (κ2) is 9.29. The molecule has 1 aliphatic rings. The summed E-state index contributed by atoms with van der Waals surface area (Å²) in [6.07, 6.45) is 1.55. The van der Waals surface area contributed by atoms with Crippen molar-refractivity contribution in [3.63, 3.8) is 0 Å². The molecule has 1 amide bonds. The van der Waals surface area contributed by atoms with Gasteiger partial charge in [0.05, 0.1) is 23.3 Å². The van der Waals surface area contributed by atoms with Crippen LogP contribution in [0.2, 0.25) is 0 Å². The van der Waals surface area contributed by atoms with Gasteiger partial charge in [-0.3, -0.25) is 9.10 Å². The number of sulfonamides is 1. The third-order valence-electron chi connectivity index (χ3n) is 5.63. The molecule has 2 aromatic carbocycles. The van der Waals surface area contributed by atoms with E-state index in [2.05, 4.69) is 5.32 Å². The number of aryl methyl sites for hydroxylation is 1. The van der Waals surface area contributed by atoms with E-state index in [0.29, 0.717) is 17.8 Å². The van der Waals surface area contributed by atoms with Crippen LogP contribution >= 0.6 is 11.3 Å². The number of nitriles is 1. The Morgan fingerprint density at radius 3 is 2.53 bits per heavy atom. The molecule has 174 valence electrons. The maximum Gasteiger partial charge on any atom is 0.348 e. The van der Waals surface area contributed by atoms with E-state index in [1.54, 1.807) is 13.0 Å². The average molecular weight is 496 g/mol. The summed E-state index contributed by atoms with van der Waals surface area (Å²) in [6.45, 7) is 1.99. The molecule has 1 N–H and O–H groups in total. The Bertz CT molecular complexity index is 1420. The van der Waals surface area contributed by atoms with Crippen molar-refractivity contribution in [1.82, 2.24) is 0 Å².